The minimum atomic E-state index is 1.10. The van der Waals surface area contributed by atoms with Gasteiger partial charge in [0, 0.05) is 17.1 Å². The topological polar surface area (TPSA) is 3.24 Å². The van der Waals surface area contributed by atoms with E-state index in [9.17, 15) is 0 Å². The first kappa shape index (κ1) is 32.0. The molecule has 0 heterocycles. The second kappa shape index (κ2) is 14.3. The molecule has 250 valence electrons. The monoisotopic (exact) mass is 675 g/mol. The lowest BCUT2D eigenvalue weighted by molar-refractivity contribution is 1.28. The Labute approximate surface area is 311 Å². The molecule has 0 fully saturated rings. The van der Waals surface area contributed by atoms with Crippen molar-refractivity contribution < 1.29 is 0 Å². The van der Waals surface area contributed by atoms with E-state index in [0.29, 0.717) is 0 Å². The zero-order valence-electron chi connectivity index (χ0n) is 29.3. The minimum absolute atomic E-state index is 1.10. The number of rotatable bonds is 8. The largest absolute Gasteiger partial charge is 0.310 e. The van der Waals surface area contributed by atoms with Crippen molar-refractivity contribution in [2.75, 3.05) is 4.90 Å². The third-order valence-corrected chi connectivity index (χ3v) is 10.1. The molecule has 9 aromatic carbocycles. The fourth-order valence-corrected chi connectivity index (χ4v) is 7.36. The van der Waals surface area contributed by atoms with Crippen LogP contribution >= 0.6 is 0 Å². The summed E-state index contributed by atoms with van der Waals surface area (Å²) in [6, 6.07) is 80.8. The van der Waals surface area contributed by atoms with Gasteiger partial charge < -0.3 is 4.90 Å². The summed E-state index contributed by atoms with van der Waals surface area (Å²) in [4.78, 5) is 2.37. The molecule has 9 rings (SSSR count). The fourth-order valence-electron chi connectivity index (χ4n) is 7.36. The molecule has 0 atom stereocenters. The summed E-state index contributed by atoms with van der Waals surface area (Å²) in [5.41, 5.74) is 15.3. The Morgan fingerprint density at radius 3 is 1.25 bits per heavy atom. The van der Waals surface area contributed by atoms with Crippen LogP contribution in [0.4, 0.5) is 17.1 Å². The van der Waals surface area contributed by atoms with Crippen LogP contribution in [-0.4, -0.2) is 0 Å². The molecule has 53 heavy (non-hydrogen) atoms. The van der Waals surface area contributed by atoms with Gasteiger partial charge in [-0.3, -0.25) is 0 Å². The number of hydrogen-bond acceptors (Lipinski definition) is 1. The molecule has 9 aromatic rings. The third-order valence-electron chi connectivity index (χ3n) is 10.1. The fraction of sp³-hybridized carbons (Fsp3) is 0. The van der Waals surface area contributed by atoms with Gasteiger partial charge in [0.2, 0.25) is 0 Å². The summed E-state index contributed by atoms with van der Waals surface area (Å²) in [5.74, 6) is 0. The van der Waals surface area contributed by atoms with Crippen LogP contribution in [-0.2, 0) is 0 Å². The van der Waals surface area contributed by atoms with E-state index in [2.05, 4.69) is 229 Å². The Bertz CT molecular complexity index is 2640. The Kier molecular flexibility index (Phi) is 8.66. The van der Waals surface area contributed by atoms with E-state index in [1.54, 1.807) is 0 Å². The van der Waals surface area contributed by atoms with Crippen molar-refractivity contribution in [3.63, 3.8) is 0 Å². The van der Waals surface area contributed by atoms with Gasteiger partial charge in [-0.25, -0.2) is 0 Å². The Morgan fingerprint density at radius 2 is 0.623 bits per heavy atom. The zero-order chi connectivity index (χ0) is 35.4. The van der Waals surface area contributed by atoms with Crippen LogP contribution < -0.4 is 4.90 Å². The summed E-state index contributed by atoms with van der Waals surface area (Å²) in [6.45, 7) is 0. The van der Waals surface area contributed by atoms with Crippen molar-refractivity contribution in [3.8, 4) is 55.6 Å². The molecule has 1 heteroatoms. The van der Waals surface area contributed by atoms with Crippen LogP contribution in [0.15, 0.2) is 224 Å². The minimum Gasteiger partial charge on any atom is -0.310 e. The molecular weight excluding hydrogens is 639 g/mol. The quantitative estimate of drug-likeness (QED) is 0.155. The van der Waals surface area contributed by atoms with Crippen LogP contribution in [0.1, 0.15) is 0 Å². The van der Waals surface area contributed by atoms with E-state index in [1.165, 1.54) is 66.4 Å². The lowest BCUT2D eigenvalue weighted by Crippen LogP contribution is -2.10. The lowest BCUT2D eigenvalue weighted by atomic mass is 9.95. The molecule has 0 unspecified atom stereocenters. The number of fused-ring (bicyclic) bond motifs is 1. The Hall–Kier alpha value is -6.96. The maximum absolute atomic E-state index is 2.37. The molecule has 0 radical (unpaired) electrons. The molecule has 0 N–H and O–H groups in total. The van der Waals surface area contributed by atoms with Gasteiger partial charge in [-0.1, -0.05) is 182 Å². The summed E-state index contributed by atoms with van der Waals surface area (Å²) in [5, 5.41) is 2.52. The van der Waals surface area contributed by atoms with Crippen molar-refractivity contribution in [1.29, 1.82) is 0 Å². The van der Waals surface area contributed by atoms with Gasteiger partial charge in [0.1, 0.15) is 0 Å². The predicted octanol–water partition coefficient (Wildman–Crippen LogP) is 14.6. The Morgan fingerprint density at radius 1 is 0.226 bits per heavy atom. The van der Waals surface area contributed by atoms with E-state index in [0.717, 1.165) is 17.1 Å². The molecule has 0 aromatic heterocycles. The van der Waals surface area contributed by atoms with Crippen LogP contribution in [0.3, 0.4) is 0 Å². The molecule has 0 saturated carbocycles. The number of nitrogens with zero attached hydrogens (tertiary/aromatic N) is 1. The van der Waals surface area contributed by atoms with E-state index < -0.39 is 0 Å². The number of benzene rings is 9. The molecule has 0 saturated heterocycles. The zero-order valence-corrected chi connectivity index (χ0v) is 29.3. The van der Waals surface area contributed by atoms with Gasteiger partial charge in [0.05, 0.1) is 0 Å². The molecule has 0 spiro atoms. The second-order valence-electron chi connectivity index (χ2n) is 13.4. The standard InChI is InChI=1S/C52H37N/c1-3-13-38(14-4-1)40-27-29-41(30-28-40)42-31-33-48(34-32-42)53(49-23-10-20-45(36-49)39-15-5-2-6-16-39)50-24-11-21-46(37-50)44-19-9-22-47(35-44)52-26-12-18-43-17-7-8-25-51(43)52/h1-37H. The summed E-state index contributed by atoms with van der Waals surface area (Å²) >= 11 is 0. The van der Waals surface area contributed by atoms with Crippen LogP contribution in [0.5, 0.6) is 0 Å². The van der Waals surface area contributed by atoms with Gasteiger partial charge >= 0.3 is 0 Å². The van der Waals surface area contributed by atoms with Crippen LogP contribution in [0.25, 0.3) is 66.4 Å². The van der Waals surface area contributed by atoms with E-state index >= 15 is 0 Å². The SMILES string of the molecule is c1ccc(-c2ccc(-c3ccc(N(c4cccc(-c5ccccc5)c4)c4cccc(-c5cccc(-c6cccc7ccccc67)c5)c4)cc3)cc2)cc1. The summed E-state index contributed by atoms with van der Waals surface area (Å²) < 4.78 is 0. The first-order chi connectivity index (χ1) is 26.3. The molecule has 0 bridgehead atoms. The van der Waals surface area contributed by atoms with Crippen molar-refractivity contribution in [1.82, 2.24) is 0 Å². The normalized spacial score (nSPS) is 11.0. The Balaban J connectivity index is 1.10. The first-order valence-electron chi connectivity index (χ1n) is 18.2. The van der Waals surface area contributed by atoms with Gasteiger partial charge in [-0.2, -0.15) is 0 Å². The molecule has 0 amide bonds. The summed E-state index contributed by atoms with van der Waals surface area (Å²) in [7, 11) is 0. The van der Waals surface area contributed by atoms with Crippen molar-refractivity contribution in [2.45, 2.75) is 0 Å². The predicted molar refractivity (Wildman–Crippen MR) is 226 cm³/mol. The highest BCUT2D eigenvalue weighted by Gasteiger charge is 2.15. The van der Waals surface area contributed by atoms with Gasteiger partial charge in [-0.15, -0.1) is 0 Å². The average Bonchev–Trinajstić information content (AvgIpc) is 3.25. The summed E-state index contributed by atoms with van der Waals surface area (Å²) in [6.07, 6.45) is 0. The highest BCUT2D eigenvalue weighted by molar-refractivity contribution is 5.97. The van der Waals surface area contributed by atoms with Crippen LogP contribution in [0.2, 0.25) is 0 Å². The maximum Gasteiger partial charge on any atom is 0.0467 e. The third kappa shape index (κ3) is 6.65. The molecular formula is C52H37N. The second-order valence-corrected chi connectivity index (χ2v) is 13.4. The number of anilines is 3. The first-order valence-corrected chi connectivity index (χ1v) is 18.2. The van der Waals surface area contributed by atoms with E-state index in [4.69, 9.17) is 0 Å². The van der Waals surface area contributed by atoms with Crippen molar-refractivity contribution >= 4 is 27.8 Å². The van der Waals surface area contributed by atoms with Crippen LogP contribution in [0, 0.1) is 0 Å². The van der Waals surface area contributed by atoms with Crippen molar-refractivity contribution in [3.05, 3.63) is 224 Å². The van der Waals surface area contributed by atoms with Gasteiger partial charge in [0.15, 0.2) is 0 Å². The lowest BCUT2D eigenvalue weighted by Gasteiger charge is -2.27. The number of hydrogen-bond donors (Lipinski definition) is 0. The molecule has 0 aliphatic heterocycles. The van der Waals surface area contributed by atoms with Gasteiger partial charge in [0.25, 0.3) is 0 Å². The average molecular weight is 676 g/mol. The highest BCUT2D eigenvalue weighted by atomic mass is 15.1. The van der Waals surface area contributed by atoms with E-state index in [-0.39, 0.29) is 0 Å². The molecule has 1 nitrogen and oxygen atoms in total. The van der Waals surface area contributed by atoms with Gasteiger partial charge in [-0.05, 0) is 109 Å². The van der Waals surface area contributed by atoms with E-state index in [1.807, 2.05) is 0 Å². The highest BCUT2D eigenvalue weighted by Crippen LogP contribution is 2.40. The maximum atomic E-state index is 2.37. The van der Waals surface area contributed by atoms with Crippen molar-refractivity contribution in [2.24, 2.45) is 0 Å². The molecule has 0 aliphatic rings. The smallest absolute Gasteiger partial charge is 0.0467 e. The molecule has 0 aliphatic carbocycles.